The lowest BCUT2D eigenvalue weighted by Gasteiger charge is -2.20. The van der Waals surface area contributed by atoms with E-state index < -0.39 is 0 Å². The minimum atomic E-state index is -0.260. The number of aromatic nitrogens is 2. The van der Waals surface area contributed by atoms with Gasteiger partial charge in [-0.2, -0.15) is 4.98 Å². The van der Waals surface area contributed by atoms with Gasteiger partial charge in [0.2, 0.25) is 5.95 Å². The molecule has 1 aromatic heterocycles. The predicted molar refractivity (Wildman–Crippen MR) is 71.3 cm³/mol. The monoisotopic (exact) mass is 300 g/mol. The van der Waals surface area contributed by atoms with Gasteiger partial charge in [0.15, 0.2) is 0 Å². The summed E-state index contributed by atoms with van der Waals surface area (Å²) in [5, 5.41) is 12.5. The molecule has 5 nitrogen and oxygen atoms in total. The molecule has 2 atom stereocenters. The van der Waals surface area contributed by atoms with E-state index in [1.165, 1.54) is 0 Å². The van der Waals surface area contributed by atoms with Gasteiger partial charge in [-0.3, -0.25) is 0 Å². The molecule has 0 radical (unpaired) electrons. The first kappa shape index (κ1) is 12.6. The highest BCUT2D eigenvalue weighted by molar-refractivity contribution is 9.10. The summed E-state index contributed by atoms with van der Waals surface area (Å²) in [4.78, 5) is 10.8. The molecule has 0 aliphatic carbocycles. The van der Waals surface area contributed by atoms with E-state index in [1.807, 2.05) is 6.92 Å². The number of hydrogen-bond donors (Lipinski definition) is 2. The van der Waals surface area contributed by atoms with E-state index in [0.717, 1.165) is 29.8 Å². The van der Waals surface area contributed by atoms with E-state index in [9.17, 15) is 5.11 Å². The first-order valence-corrected chi connectivity index (χ1v) is 6.54. The predicted octanol–water partition coefficient (Wildman–Crippen LogP) is 1.49. The largest absolute Gasteiger partial charge is 0.393 e. The lowest BCUT2D eigenvalue weighted by Crippen LogP contribution is -2.25. The van der Waals surface area contributed by atoms with Gasteiger partial charge in [0.05, 0.1) is 10.6 Å². The maximum Gasteiger partial charge on any atom is 0.224 e. The van der Waals surface area contributed by atoms with Crippen LogP contribution in [0.3, 0.4) is 0 Å². The zero-order chi connectivity index (χ0) is 12.4. The van der Waals surface area contributed by atoms with Gasteiger partial charge in [0.25, 0.3) is 0 Å². The van der Waals surface area contributed by atoms with Crippen molar-refractivity contribution < 1.29 is 5.11 Å². The third-order valence-corrected chi connectivity index (χ3v) is 3.72. The molecule has 0 amide bonds. The van der Waals surface area contributed by atoms with Crippen LogP contribution in [0.2, 0.25) is 0 Å². The molecule has 1 aliphatic heterocycles. The van der Waals surface area contributed by atoms with Crippen molar-refractivity contribution in [3.8, 4) is 0 Å². The Balaban J connectivity index is 2.18. The number of nitrogens with zero attached hydrogens (tertiary/aromatic N) is 3. The van der Waals surface area contributed by atoms with E-state index >= 15 is 0 Å². The molecular formula is C11H17BrN4O. The molecule has 0 spiro atoms. The number of aliphatic hydroxyl groups is 1. The first-order chi connectivity index (χ1) is 8.11. The normalized spacial score (nSPS) is 21.6. The Morgan fingerprint density at radius 1 is 1.65 bits per heavy atom. The second kappa shape index (κ2) is 5.18. The number of rotatable bonds is 3. The fourth-order valence-corrected chi connectivity index (χ4v) is 2.52. The average molecular weight is 301 g/mol. The van der Waals surface area contributed by atoms with Crippen LogP contribution in [0, 0.1) is 5.92 Å². The molecule has 6 heteroatoms. The lowest BCUT2D eigenvalue weighted by atomic mass is 10.0. The highest BCUT2D eigenvalue weighted by Crippen LogP contribution is 2.30. The molecule has 1 aliphatic rings. The fraction of sp³-hybridized carbons (Fsp3) is 0.636. The number of nitrogens with one attached hydrogen (secondary N) is 1. The first-order valence-electron chi connectivity index (χ1n) is 5.75. The minimum Gasteiger partial charge on any atom is -0.393 e. The second-order valence-corrected chi connectivity index (χ2v) is 5.20. The lowest BCUT2D eigenvalue weighted by molar-refractivity contribution is 0.136. The molecule has 2 unspecified atom stereocenters. The van der Waals surface area contributed by atoms with Gasteiger partial charge in [-0.05, 0) is 29.3 Å². The van der Waals surface area contributed by atoms with Gasteiger partial charge in [0, 0.05) is 32.3 Å². The van der Waals surface area contributed by atoms with E-state index in [0.29, 0.717) is 11.9 Å². The maximum atomic E-state index is 9.60. The molecule has 1 fully saturated rings. The molecule has 2 rings (SSSR count). The summed E-state index contributed by atoms with van der Waals surface area (Å²) in [6, 6.07) is 0. The quantitative estimate of drug-likeness (QED) is 0.885. The summed E-state index contributed by atoms with van der Waals surface area (Å²) in [6.45, 7) is 3.62. The third kappa shape index (κ3) is 2.69. The summed E-state index contributed by atoms with van der Waals surface area (Å²) < 4.78 is 0.891. The zero-order valence-electron chi connectivity index (χ0n) is 10.0. The van der Waals surface area contributed by atoms with Crippen molar-refractivity contribution in [3.63, 3.8) is 0 Å². The molecule has 0 saturated carbocycles. The Bertz CT molecular complexity index is 399. The Kier molecular flexibility index (Phi) is 3.83. The summed E-state index contributed by atoms with van der Waals surface area (Å²) in [7, 11) is 1.80. The van der Waals surface area contributed by atoms with Gasteiger partial charge in [-0.15, -0.1) is 0 Å². The molecule has 2 heterocycles. The van der Waals surface area contributed by atoms with Crippen LogP contribution in [0.4, 0.5) is 11.8 Å². The van der Waals surface area contributed by atoms with Gasteiger partial charge in [-0.25, -0.2) is 4.98 Å². The van der Waals surface area contributed by atoms with Crippen molar-refractivity contribution in [2.24, 2.45) is 5.92 Å². The van der Waals surface area contributed by atoms with Crippen molar-refractivity contribution in [2.45, 2.75) is 19.4 Å². The van der Waals surface area contributed by atoms with Gasteiger partial charge >= 0.3 is 0 Å². The Morgan fingerprint density at radius 3 is 3.00 bits per heavy atom. The van der Waals surface area contributed by atoms with Crippen LogP contribution >= 0.6 is 15.9 Å². The van der Waals surface area contributed by atoms with E-state index in [1.54, 1.807) is 13.2 Å². The minimum absolute atomic E-state index is 0.260. The molecule has 94 valence electrons. The number of halogens is 1. The number of anilines is 2. The van der Waals surface area contributed by atoms with Crippen LogP contribution in [-0.4, -0.2) is 41.3 Å². The summed E-state index contributed by atoms with van der Waals surface area (Å²) in [6.07, 6.45) is 2.50. The highest BCUT2D eigenvalue weighted by atomic mass is 79.9. The van der Waals surface area contributed by atoms with Gasteiger partial charge in [0.1, 0.15) is 5.82 Å². The Morgan fingerprint density at radius 2 is 2.41 bits per heavy atom. The summed E-state index contributed by atoms with van der Waals surface area (Å²) in [5.74, 6) is 1.84. The van der Waals surface area contributed by atoms with Gasteiger partial charge < -0.3 is 15.3 Å². The van der Waals surface area contributed by atoms with Crippen molar-refractivity contribution in [1.82, 2.24) is 9.97 Å². The highest BCUT2D eigenvalue weighted by Gasteiger charge is 2.28. The van der Waals surface area contributed by atoms with Crippen molar-refractivity contribution in [2.75, 3.05) is 30.4 Å². The third-order valence-electron chi connectivity index (χ3n) is 3.16. The second-order valence-electron chi connectivity index (χ2n) is 4.35. The van der Waals surface area contributed by atoms with Gasteiger partial charge in [-0.1, -0.05) is 0 Å². The Hall–Kier alpha value is -0.880. The fourth-order valence-electron chi connectivity index (χ4n) is 2.07. The molecule has 17 heavy (non-hydrogen) atoms. The van der Waals surface area contributed by atoms with E-state index in [2.05, 4.69) is 36.1 Å². The van der Waals surface area contributed by atoms with Crippen LogP contribution in [0.25, 0.3) is 0 Å². The molecule has 0 bridgehead atoms. The van der Waals surface area contributed by atoms with E-state index in [-0.39, 0.29) is 6.10 Å². The zero-order valence-corrected chi connectivity index (χ0v) is 11.6. The standard InChI is InChI=1S/C11H17BrN4O/c1-7(17)8-3-4-16(6-8)10-9(12)5-14-11(13-2)15-10/h5,7-8,17H,3-4,6H2,1-2H3,(H,13,14,15). The van der Waals surface area contributed by atoms with Crippen LogP contribution < -0.4 is 10.2 Å². The van der Waals surface area contributed by atoms with Crippen LogP contribution in [0.15, 0.2) is 10.7 Å². The summed E-state index contributed by atoms with van der Waals surface area (Å²) in [5.41, 5.74) is 0. The van der Waals surface area contributed by atoms with Crippen molar-refractivity contribution in [1.29, 1.82) is 0 Å². The van der Waals surface area contributed by atoms with E-state index in [4.69, 9.17) is 0 Å². The van der Waals surface area contributed by atoms with Crippen molar-refractivity contribution in [3.05, 3.63) is 10.7 Å². The molecule has 2 N–H and O–H groups in total. The van der Waals surface area contributed by atoms with Crippen molar-refractivity contribution >= 4 is 27.7 Å². The maximum absolute atomic E-state index is 9.60. The molecule has 1 saturated heterocycles. The van der Waals surface area contributed by atoms with Crippen LogP contribution in [0.1, 0.15) is 13.3 Å². The number of hydrogen-bond acceptors (Lipinski definition) is 5. The average Bonchev–Trinajstić information content (AvgIpc) is 2.79. The molecule has 0 aromatic carbocycles. The SMILES string of the molecule is CNc1ncc(Br)c(N2CCC(C(C)O)C2)n1. The van der Waals surface area contributed by atoms with Crippen LogP contribution in [-0.2, 0) is 0 Å². The topological polar surface area (TPSA) is 61.3 Å². The summed E-state index contributed by atoms with van der Waals surface area (Å²) >= 11 is 3.47. The molecule has 1 aromatic rings. The Labute approximate surface area is 109 Å². The molecular weight excluding hydrogens is 284 g/mol. The number of aliphatic hydroxyl groups excluding tert-OH is 1. The van der Waals surface area contributed by atoms with Crippen LogP contribution in [0.5, 0.6) is 0 Å². The smallest absolute Gasteiger partial charge is 0.224 e.